The van der Waals surface area contributed by atoms with Crippen molar-refractivity contribution in [3.8, 4) is 0 Å². The van der Waals surface area contributed by atoms with Gasteiger partial charge in [-0.05, 0) is 39.3 Å². The van der Waals surface area contributed by atoms with Gasteiger partial charge in [0, 0.05) is 13.1 Å². The van der Waals surface area contributed by atoms with Crippen molar-refractivity contribution >= 4 is 11.8 Å². The third kappa shape index (κ3) is 3.45. The van der Waals surface area contributed by atoms with Crippen molar-refractivity contribution < 1.29 is 14.3 Å². The monoisotopic (exact) mass is 269 g/mol. The van der Waals surface area contributed by atoms with Gasteiger partial charge >= 0.3 is 0 Å². The Bertz CT molecular complexity index is 355. The van der Waals surface area contributed by atoms with Crippen LogP contribution < -0.4 is 11.1 Å². The number of primary amides is 1. The van der Waals surface area contributed by atoms with Crippen LogP contribution >= 0.6 is 0 Å². The first-order chi connectivity index (χ1) is 9.01. The molecule has 0 aromatic heterocycles. The molecule has 108 valence electrons. The molecule has 0 saturated carbocycles. The van der Waals surface area contributed by atoms with E-state index >= 15 is 0 Å². The van der Waals surface area contributed by atoms with E-state index in [2.05, 4.69) is 5.32 Å². The minimum atomic E-state index is -0.579. The Kier molecular flexibility index (Phi) is 4.42. The first-order valence-electron chi connectivity index (χ1n) is 6.91. The number of carbonyl (C=O) groups is 2. The van der Waals surface area contributed by atoms with Crippen molar-refractivity contribution in [2.45, 2.75) is 32.3 Å². The molecule has 1 unspecified atom stereocenters. The van der Waals surface area contributed by atoms with E-state index in [4.69, 9.17) is 10.5 Å². The molecular weight excluding hydrogens is 246 g/mol. The molecule has 2 rings (SSSR count). The van der Waals surface area contributed by atoms with E-state index in [0.717, 1.165) is 25.9 Å². The summed E-state index contributed by atoms with van der Waals surface area (Å²) < 4.78 is 5.64. The maximum absolute atomic E-state index is 12.0. The smallest absolute Gasteiger partial charge is 0.248 e. The zero-order valence-electron chi connectivity index (χ0n) is 11.5. The molecule has 0 aromatic carbocycles. The summed E-state index contributed by atoms with van der Waals surface area (Å²) in [6, 6.07) is 0. The van der Waals surface area contributed by atoms with Crippen LogP contribution in [-0.2, 0) is 14.3 Å². The first-order valence-corrected chi connectivity index (χ1v) is 6.91. The fourth-order valence-corrected chi connectivity index (χ4v) is 2.62. The van der Waals surface area contributed by atoms with Gasteiger partial charge < -0.3 is 20.7 Å². The van der Waals surface area contributed by atoms with Gasteiger partial charge in [-0.2, -0.15) is 0 Å². The van der Waals surface area contributed by atoms with Crippen molar-refractivity contribution in [1.29, 1.82) is 0 Å². The van der Waals surface area contributed by atoms with Crippen LogP contribution in [0.25, 0.3) is 0 Å². The summed E-state index contributed by atoms with van der Waals surface area (Å²) in [5, 5.41) is 3.25. The van der Waals surface area contributed by atoms with Crippen molar-refractivity contribution in [1.82, 2.24) is 10.2 Å². The quantitative estimate of drug-likeness (QED) is 0.719. The maximum Gasteiger partial charge on any atom is 0.248 e. The van der Waals surface area contributed by atoms with Gasteiger partial charge in [0.1, 0.15) is 6.61 Å². The van der Waals surface area contributed by atoms with Crippen molar-refractivity contribution in [2.24, 2.45) is 11.1 Å². The van der Waals surface area contributed by atoms with Crippen LogP contribution in [0.1, 0.15) is 26.2 Å². The molecule has 2 aliphatic rings. The fourth-order valence-electron chi connectivity index (χ4n) is 2.62. The van der Waals surface area contributed by atoms with Crippen molar-refractivity contribution in [2.75, 3.05) is 32.8 Å². The van der Waals surface area contributed by atoms with E-state index in [-0.39, 0.29) is 24.5 Å². The van der Waals surface area contributed by atoms with Gasteiger partial charge in [0.25, 0.3) is 0 Å². The molecule has 1 atom stereocenters. The van der Waals surface area contributed by atoms with E-state index in [1.165, 1.54) is 0 Å². The van der Waals surface area contributed by atoms with Crippen LogP contribution in [0, 0.1) is 5.41 Å². The Balaban J connectivity index is 1.76. The van der Waals surface area contributed by atoms with Gasteiger partial charge in [-0.25, -0.2) is 0 Å². The Morgan fingerprint density at radius 1 is 1.42 bits per heavy atom. The van der Waals surface area contributed by atoms with E-state index < -0.39 is 5.41 Å². The number of ether oxygens (including phenoxy) is 1. The number of likely N-dealkylation sites (tertiary alicyclic amines) is 1. The molecule has 0 radical (unpaired) electrons. The highest BCUT2D eigenvalue weighted by atomic mass is 16.5. The second-order valence-electron chi connectivity index (χ2n) is 5.75. The molecule has 0 spiro atoms. The molecule has 0 aromatic rings. The first kappa shape index (κ1) is 14.3. The standard InChI is InChI=1S/C13H23N3O3/c1-13(12(14)18)4-7-16(9-13)11(17)8-19-10-2-5-15-6-3-10/h10,15H,2-9H2,1H3,(H2,14,18). The summed E-state index contributed by atoms with van der Waals surface area (Å²) in [5.74, 6) is -0.370. The Hall–Kier alpha value is -1.14. The predicted octanol–water partition coefficient (Wildman–Crippen LogP) is -0.521. The summed E-state index contributed by atoms with van der Waals surface area (Å²) in [5.41, 5.74) is 4.79. The molecule has 19 heavy (non-hydrogen) atoms. The summed E-state index contributed by atoms with van der Waals surface area (Å²) in [6.07, 6.45) is 2.72. The molecule has 0 bridgehead atoms. The number of rotatable bonds is 4. The minimum Gasteiger partial charge on any atom is -0.369 e. The van der Waals surface area contributed by atoms with E-state index in [9.17, 15) is 9.59 Å². The van der Waals surface area contributed by atoms with Crippen LogP contribution in [0.2, 0.25) is 0 Å². The van der Waals surface area contributed by atoms with Gasteiger partial charge in [0.15, 0.2) is 0 Å². The lowest BCUT2D eigenvalue weighted by molar-refractivity contribution is -0.138. The highest BCUT2D eigenvalue weighted by Crippen LogP contribution is 2.29. The van der Waals surface area contributed by atoms with Gasteiger partial charge in [-0.3, -0.25) is 9.59 Å². The number of hydrogen-bond donors (Lipinski definition) is 2. The molecule has 2 aliphatic heterocycles. The van der Waals surface area contributed by atoms with Crippen LogP contribution in [0.15, 0.2) is 0 Å². The normalized spacial score (nSPS) is 28.6. The third-order valence-corrected chi connectivity index (χ3v) is 4.15. The fraction of sp³-hybridized carbons (Fsp3) is 0.846. The summed E-state index contributed by atoms with van der Waals surface area (Å²) in [7, 11) is 0. The number of nitrogens with zero attached hydrogens (tertiary/aromatic N) is 1. The Labute approximate surface area is 113 Å². The average Bonchev–Trinajstić information content (AvgIpc) is 2.81. The number of hydrogen-bond acceptors (Lipinski definition) is 4. The van der Waals surface area contributed by atoms with Crippen LogP contribution in [0.3, 0.4) is 0 Å². The lowest BCUT2D eigenvalue weighted by Gasteiger charge is -2.25. The number of carbonyl (C=O) groups excluding carboxylic acids is 2. The number of amides is 2. The molecule has 6 heteroatoms. The number of piperidine rings is 1. The lowest BCUT2D eigenvalue weighted by Crippen LogP contribution is -2.40. The number of nitrogens with two attached hydrogens (primary N) is 1. The summed E-state index contributed by atoms with van der Waals surface area (Å²) >= 11 is 0. The Morgan fingerprint density at radius 3 is 2.68 bits per heavy atom. The van der Waals surface area contributed by atoms with E-state index in [1.807, 2.05) is 6.92 Å². The zero-order chi connectivity index (χ0) is 13.9. The molecular formula is C13H23N3O3. The zero-order valence-corrected chi connectivity index (χ0v) is 11.5. The molecule has 6 nitrogen and oxygen atoms in total. The van der Waals surface area contributed by atoms with E-state index in [0.29, 0.717) is 19.5 Å². The van der Waals surface area contributed by atoms with Gasteiger partial charge in [-0.1, -0.05) is 0 Å². The van der Waals surface area contributed by atoms with Crippen molar-refractivity contribution in [3.05, 3.63) is 0 Å². The molecule has 2 saturated heterocycles. The second-order valence-corrected chi connectivity index (χ2v) is 5.75. The minimum absolute atomic E-state index is 0.0384. The predicted molar refractivity (Wildman–Crippen MR) is 70.3 cm³/mol. The molecule has 3 N–H and O–H groups in total. The highest BCUT2D eigenvalue weighted by molar-refractivity contribution is 5.84. The largest absolute Gasteiger partial charge is 0.369 e. The van der Waals surface area contributed by atoms with Gasteiger partial charge in [0.05, 0.1) is 11.5 Å². The van der Waals surface area contributed by atoms with Gasteiger partial charge in [-0.15, -0.1) is 0 Å². The van der Waals surface area contributed by atoms with Crippen molar-refractivity contribution in [3.63, 3.8) is 0 Å². The Morgan fingerprint density at radius 2 is 2.11 bits per heavy atom. The highest BCUT2D eigenvalue weighted by Gasteiger charge is 2.40. The van der Waals surface area contributed by atoms with Crippen LogP contribution in [0.5, 0.6) is 0 Å². The van der Waals surface area contributed by atoms with Crippen LogP contribution in [0.4, 0.5) is 0 Å². The average molecular weight is 269 g/mol. The molecule has 0 aliphatic carbocycles. The number of nitrogens with one attached hydrogen (secondary N) is 1. The lowest BCUT2D eigenvalue weighted by atomic mass is 9.89. The van der Waals surface area contributed by atoms with E-state index in [1.54, 1.807) is 4.90 Å². The molecule has 2 fully saturated rings. The van der Waals surface area contributed by atoms with Crippen LogP contribution in [-0.4, -0.2) is 55.6 Å². The molecule has 2 heterocycles. The SMILES string of the molecule is CC1(C(N)=O)CCN(C(=O)COC2CCNCC2)C1. The van der Waals surface area contributed by atoms with Gasteiger partial charge in [0.2, 0.25) is 11.8 Å². The summed E-state index contributed by atoms with van der Waals surface area (Å²) in [6.45, 7) is 4.82. The second kappa shape index (κ2) is 5.88. The molecule has 2 amide bonds. The maximum atomic E-state index is 12.0. The summed E-state index contributed by atoms with van der Waals surface area (Å²) in [4.78, 5) is 25.1. The topological polar surface area (TPSA) is 84.7 Å². The third-order valence-electron chi connectivity index (χ3n) is 4.15.